The number of oxime groups is 1. The highest BCUT2D eigenvalue weighted by atomic mass is 32.2. The number of nitrogens with zero attached hydrogens (tertiary/aromatic N) is 6. The van der Waals surface area contributed by atoms with Gasteiger partial charge in [0.25, 0.3) is 11.8 Å². The van der Waals surface area contributed by atoms with Crippen LogP contribution in [0.15, 0.2) is 28.6 Å². The predicted octanol–water partition coefficient (Wildman–Crippen LogP) is -2.20. The quantitative estimate of drug-likeness (QED) is 0.100. The molecule has 4 N–H and O–H groups in total. The Kier molecular flexibility index (Phi) is 7.79. The number of carboxylic acid groups (broad SMARTS) is 1. The number of quaternary nitrogens is 1. The second-order valence-corrected chi connectivity index (χ2v) is 10.8. The van der Waals surface area contributed by atoms with Crippen molar-refractivity contribution in [1.29, 1.82) is 5.41 Å². The number of piperazine rings is 1. The third-order valence-corrected chi connectivity index (χ3v) is 8.28. The van der Waals surface area contributed by atoms with Crippen LogP contribution in [0.4, 0.5) is 5.13 Å². The van der Waals surface area contributed by atoms with E-state index in [2.05, 4.69) is 26.9 Å². The predicted molar refractivity (Wildman–Crippen MR) is 135 cm³/mol. The third kappa shape index (κ3) is 5.45. The fraction of sp³-hybridized carbons (Fsp3) is 0.476. The van der Waals surface area contributed by atoms with E-state index in [1.807, 2.05) is 11.0 Å². The minimum atomic E-state index is -1.45. The van der Waals surface area contributed by atoms with E-state index in [4.69, 9.17) is 16.0 Å². The number of hydrogen-bond acceptors (Lipinski definition) is 12. The van der Waals surface area contributed by atoms with Crippen LogP contribution >= 0.6 is 23.3 Å². The average molecular weight is 550 g/mol. The van der Waals surface area contributed by atoms with Crippen LogP contribution < -0.4 is 16.2 Å². The van der Waals surface area contributed by atoms with Crippen LogP contribution in [0.1, 0.15) is 5.82 Å². The molecule has 16 heteroatoms. The summed E-state index contributed by atoms with van der Waals surface area (Å²) in [4.78, 5) is 49.5. The van der Waals surface area contributed by atoms with Gasteiger partial charge >= 0.3 is 0 Å². The number of carbonyl (C=O) groups excluding carboxylic acids is 3. The van der Waals surface area contributed by atoms with Crippen molar-refractivity contribution >= 4 is 58.3 Å². The Labute approximate surface area is 221 Å². The first kappa shape index (κ1) is 26.6. The number of likely N-dealkylation sites (N-methyl/N-ethyl adjacent to an activating group) is 1. The summed E-state index contributed by atoms with van der Waals surface area (Å²) in [6, 6.07) is -0.968. The molecule has 4 rings (SSSR count). The molecular formula is C21H27N9O5S2. The van der Waals surface area contributed by atoms with Gasteiger partial charge in [-0.1, -0.05) is 11.2 Å². The molecule has 2 amide bonds. The molecule has 2 atom stereocenters. The molecule has 0 bridgehead atoms. The van der Waals surface area contributed by atoms with E-state index in [9.17, 15) is 19.5 Å². The first-order chi connectivity index (χ1) is 17.7. The summed E-state index contributed by atoms with van der Waals surface area (Å²) in [5.74, 6) is -2.48. The van der Waals surface area contributed by atoms with E-state index in [1.54, 1.807) is 6.08 Å². The number of nitrogens with two attached hydrogens (primary N) is 1. The van der Waals surface area contributed by atoms with Gasteiger partial charge < -0.3 is 35.2 Å². The molecule has 3 aliphatic heterocycles. The molecule has 0 aliphatic carbocycles. The molecule has 1 aromatic heterocycles. The van der Waals surface area contributed by atoms with E-state index in [-0.39, 0.29) is 22.4 Å². The maximum atomic E-state index is 12.9. The fourth-order valence-electron chi connectivity index (χ4n) is 4.30. The van der Waals surface area contributed by atoms with Gasteiger partial charge in [0.05, 0.1) is 57.8 Å². The zero-order chi connectivity index (χ0) is 26.7. The number of β-lactam (4-membered cyclic amide) rings is 1. The molecular weight excluding hydrogens is 522 g/mol. The number of carbonyl (C=O) groups is 3. The molecule has 2 saturated heterocycles. The number of aromatic nitrogens is 2. The van der Waals surface area contributed by atoms with Gasteiger partial charge in [0.1, 0.15) is 18.5 Å². The highest BCUT2D eigenvalue weighted by molar-refractivity contribution is 8.00. The zero-order valence-corrected chi connectivity index (χ0v) is 21.9. The standard InChI is InChI=1S/C21H27N9O5S2/c1-30(8-5-28(11-22)6-9-30)7-3-4-12-10-36-19-14(18(32)29(19)15(12)20(33)34)24-17(31)13(26-35-2)16-25-21(23)37-27-16/h3-4,11,14,19,22H,5-10H2,1-2H3,(H3-,23,24,25,27,31,33,34)/b4-3+,22-11?,26-13-/t14-,19+/m1/s1. The number of thioether (sulfide) groups is 1. The normalized spacial score (nSPS) is 23.5. The lowest BCUT2D eigenvalue weighted by atomic mass is 10.0. The van der Waals surface area contributed by atoms with E-state index in [0.717, 1.165) is 47.1 Å². The Morgan fingerprint density at radius 3 is 2.73 bits per heavy atom. The van der Waals surface area contributed by atoms with Crippen molar-refractivity contribution < 1.29 is 28.8 Å². The molecule has 4 heterocycles. The molecule has 37 heavy (non-hydrogen) atoms. The molecule has 0 radical (unpaired) electrons. The maximum absolute atomic E-state index is 12.9. The molecule has 198 valence electrons. The van der Waals surface area contributed by atoms with Crippen molar-refractivity contribution in [2.24, 2.45) is 5.16 Å². The number of allylic oxidation sites excluding steroid dienone is 1. The van der Waals surface area contributed by atoms with Crippen molar-refractivity contribution in [2.75, 3.05) is 58.4 Å². The first-order valence-electron chi connectivity index (χ1n) is 11.3. The SMILES string of the molecule is CO/N=C(\C(=O)N[C@@H]1C(=O)N2C(C(=O)[O-])=C(/C=C/C[N+]3(C)CCN(C=N)CC3)CS[C@@H]12)c1nsc(N)n1. The van der Waals surface area contributed by atoms with Gasteiger partial charge in [-0.25, -0.2) is 0 Å². The van der Waals surface area contributed by atoms with Gasteiger partial charge in [0.2, 0.25) is 11.5 Å². The van der Waals surface area contributed by atoms with E-state index >= 15 is 0 Å². The van der Waals surface area contributed by atoms with Crippen molar-refractivity contribution in [3.63, 3.8) is 0 Å². The first-order valence-corrected chi connectivity index (χ1v) is 13.1. The third-order valence-electron chi connectivity index (χ3n) is 6.43. The number of carboxylic acids is 1. The van der Waals surface area contributed by atoms with Gasteiger partial charge in [-0.3, -0.25) is 19.9 Å². The lowest BCUT2D eigenvalue weighted by Gasteiger charge is -2.50. The number of aliphatic carboxylic acids is 1. The Bertz CT molecular complexity index is 1190. The minimum absolute atomic E-state index is 0.0416. The second kappa shape index (κ2) is 10.9. The molecule has 2 fully saturated rings. The lowest BCUT2D eigenvalue weighted by Crippen LogP contribution is -2.71. The smallest absolute Gasteiger partial charge is 0.278 e. The summed E-state index contributed by atoms with van der Waals surface area (Å²) in [7, 11) is 3.37. The molecule has 0 aromatic carbocycles. The van der Waals surface area contributed by atoms with Crippen LogP contribution in [-0.2, 0) is 19.2 Å². The number of nitrogen functional groups attached to an aromatic ring is 1. The van der Waals surface area contributed by atoms with Crippen molar-refractivity contribution in [3.8, 4) is 0 Å². The lowest BCUT2D eigenvalue weighted by molar-refractivity contribution is -0.907. The summed E-state index contributed by atoms with van der Waals surface area (Å²) in [6.07, 6.45) is 5.01. The highest BCUT2D eigenvalue weighted by Crippen LogP contribution is 2.40. The van der Waals surface area contributed by atoms with E-state index in [0.29, 0.717) is 17.9 Å². The zero-order valence-electron chi connectivity index (χ0n) is 20.2. The van der Waals surface area contributed by atoms with Gasteiger partial charge in [0.15, 0.2) is 5.13 Å². The Morgan fingerprint density at radius 1 is 1.41 bits per heavy atom. The van der Waals surface area contributed by atoms with E-state index in [1.165, 1.54) is 25.2 Å². The topological polar surface area (TPSA) is 190 Å². The number of amides is 2. The number of anilines is 1. The van der Waals surface area contributed by atoms with Crippen LogP contribution in [0.2, 0.25) is 0 Å². The number of nitrogens with one attached hydrogen (secondary N) is 2. The fourth-order valence-corrected chi connectivity index (χ4v) is 6.05. The van der Waals surface area contributed by atoms with Crippen molar-refractivity contribution in [3.05, 3.63) is 29.2 Å². The summed E-state index contributed by atoms with van der Waals surface area (Å²) >= 11 is 2.22. The highest BCUT2D eigenvalue weighted by Gasteiger charge is 2.53. The average Bonchev–Trinajstić information content (AvgIpc) is 3.31. The summed E-state index contributed by atoms with van der Waals surface area (Å²) < 4.78 is 4.72. The summed E-state index contributed by atoms with van der Waals surface area (Å²) in [6.45, 7) is 4.00. The van der Waals surface area contributed by atoms with Crippen LogP contribution in [-0.4, -0.2) is 118 Å². The van der Waals surface area contributed by atoms with Crippen molar-refractivity contribution in [1.82, 2.24) is 24.5 Å². The van der Waals surface area contributed by atoms with Crippen LogP contribution in [0.3, 0.4) is 0 Å². The largest absolute Gasteiger partial charge is 0.543 e. The summed E-state index contributed by atoms with van der Waals surface area (Å²) in [5.41, 5.74) is 5.62. The molecule has 1 aromatic rings. The minimum Gasteiger partial charge on any atom is -0.543 e. The Hall–Kier alpha value is -3.50. The Balaban J connectivity index is 1.45. The molecule has 0 saturated carbocycles. The summed E-state index contributed by atoms with van der Waals surface area (Å²) in [5, 5.41) is 25.2. The Morgan fingerprint density at radius 2 is 2.14 bits per heavy atom. The second-order valence-electron chi connectivity index (χ2n) is 8.92. The molecule has 3 aliphatic rings. The number of hydrogen-bond donors (Lipinski definition) is 3. The van der Waals surface area contributed by atoms with Crippen LogP contribution in [0.5, 0.6) is 0 Å². The van der Waals surface area contributed by atoms with Gasteiger partial charge in [-0.15, -0.1) is 11.8 Å². The molecule has 0 unspecified atom stereocenters. The number of fused-ring (bicyclic) bond motifs is 1. The van der Waals surface area contributed by atoms with Gasteiger partial charge in [-0.2, -0.15) is 9.36 Å². The van der Waals surface area contributed by atoms with Gasteiger partial charge in [-0.05, 0) is 11.6 Å². The molecule has 14 nitrogen and oxygen atoms in total. The number of rotatable bonds is 9. The maximum Gasteiger partial charge on any atom is 0.278 e. The van der Waals surface area contributed by atoms with Gasteiger partial charge in [0, 0.05) is 17.3 Å². The molecule has 0 spiro atoms. The van der Waals surface area contributed by atoms with Crippen molar-refractivity contribution in [2.45, 2.75) is 11.4 Å². The van der Waals surface area contributed by atoms with Crippen LogP contribution in [0.25, 0.3) is 0 Å². The van der Waals surface area contributed by atoms with E-state index < -0.39 is 29.2 Å². The van der Waals surface area contributed by atoms with Crippen LogP contribution in [0, 0.1) is 5.41 Å². The monoisotopic (exact) mass is 549 g/mol.